The van der Waals surface area contributed by atoms with Crippen molar-refractivity contribution in [2.45, 2.75) is 19.3 Å². The van der Waals surface area contributed by atoms with E-state index in [1.165, 1.54) is 0 Å². The summed E-state index contributed by atoms with van der Waals surface area (Å²) in [6.07, 6.45) is 2.11. The number of rotatable bonds is 4. The van der Waals surface area contributed by atoms with E-state index in [9.17, 15) is 9.59 Å². The van der Waals surface area contributed by atoms with E-state index in [2.05, 4.69) is 0 Å². The number of likely N-dealkylation sites (tertiary alicyclic amines) is 1. The summed E-state index contributed by atoms with van der Waals surface area (Å²) in [5.41, 5.74) is 0.965. The average Bonchev–Trinajstić information content (AvgIpc) is 2.68. The molecule has 2 aliphatic heterocycles. The van der Waals surface area contributed by atoms with Crippen molar-refractivity contribution in [3.8, 4) is 5.75 Å². The van der Waals surface area contributed by atoms with Gasteiger partial charge in [0.2, 0.25) is 11.8 Å². The Morgan fingerprint density at radius 2 is 1.84 bits per heavy atom. The number of amides is 2. The van der Waals surface area contributed by atoms with Gasteiger partial charge < -0.3 is 19.3 Å². The van der Waals surface area contributed by atoms with Crippen LogP contribution in [0.4, 0.5) is 0 Å². The quantitative estimate of drug-likeness (QED) is 0.825. The normalized spacial score (nSPS) is 21.1. The molecule has 1 atom stereocenters. The SMILES string of the molecule is COc1ccc(CC(=O)N2CCCC(C(=O)N3CCOCC3)C2)cc1. The summed E-state index contributed by atoms with van der Waals surface area (Å²) in [6.45, 7) is 3.81. The maximum Gasteiger partial charge on any atom is 0.227 e. The van der Waals surface area contributed by atoms with E-state index in [-0.39, 0.29) is 17.7 Å². The van der Waals surface area contributed by atoms with Gasteiger partial charge in [0.1, 0.15) is 5.75 Å². The zero-order chi connectivity index (χ0) is 17.6. The Hall–Kier alpha value is -2.08. The number of ether oxygens (including phenoxy) is 2. The molecule has 6 heteroatoms. The van der Waals surface area contributed by atoms with Crippen molar-refractivity contribution in [2.24, 2.45) is 5.92 Å². The standard InChI is InChI=1S/C19H26N2O4/c1-24-17-6-4-15(5-7-17)13-18(22)21-8-2-3-16(14-21)19(23)20-9-11-25-12-10-20/h4-7,16H,2-3,8-14H2,1H3. The Morgan fingerprint density at radius 1 is 1.12 bits per heavy atom. The van der Waals surface area contributed by atoms with Crippen LogP contribution in [0.5, 0.6) is 5.75 Å². The molecule has 0 aromatic heterocycles. The summed E-state index contributed by atoms with van der Waals surface area (Å²) in [7, 11) is 1.62. The van der Waals surface area contributed by atoms with Gasteiger partial charge >= 0.3 is 0 Å². The van der Waals surface area contributed by atoms with Gasteiger partial charge in [0.25, 0.3) is 0 Å². The summed E-state index contributed by atoms with van der Waals surface area (Å²) in [5, 5.41) is 0. The smallest absolute Gasteiger partial charge is 0.227 e. The number of methoxy groups -OCH3 is 1. The molecule has 3 rings (SSSR count). The van der Waals surface area contributed by atoms with Gasteiger partial charge in [-0.2, -0.15) is 0 Å². The fourth-order valence-electron chi connectivity index (χ4n) is 3.48. The molecule has 0 saturated carbocycles. The number of hydrogen-bond acceptors (Lipinski definition) is 4. The number of morpholine rings is 1. The molecule has 2 amide bonds. The maximum absolute atomic E-state index is 12.7. The summed E-state index contributed by atoms with van der Waals surface area (Å²) in [5.74, 6) is 0.965. The minimum atomic E-state index is -0.0772. The van der Waals surface area contributed by atoms with Crippen molar-refractivity contribution in [3.63, 3.8) is 0 Å². The summed E-state index contributed by atoms with van der Waals surface area (Å²) < 4.78 is 10.5. The number of hydrogen-bond donors (Lipinski definition) is 0. The van der Waals surface area contributed by atoms with E-state index in [0.717, 1.165) is 30.7 Å². The van der Waals surface area contributed by atoms with E-state index in [0.29, 0.717) is 39.3 Å². The maximum atomic E-state index is 12.7. The predicted molar refractivity (Wildman–Crippen MR) is 93.4 cm³/mol. The van der Waals surface area contributed by atoms with Crippen LogP contribution in [0, 0.1) is 5.92 Å². The molecule has 1 unspecified atom stereocenters. The molecule has 1 aromatic rings. The molecule has 136 valence electrons. The first-order valence-electron chi connectivity index (χ1n) is 8.94. The third kappa shape index (κ3) is 4.51. The highest BCUT2D eigenvalue weighted by Gasteiger charge is 2.31. The van der Waals surface area contributed by atoms with Crippen molar-refractivity contribution < 1.29 is 19.1 Å². The van der Waals surface area contributed by atoms with Crippen LogP contribution in [0.3, 0.4) is 0 Å². The lowest BCUT2D eigenvalue weighted by Crippen LogP contribution is -2.49. The number of benzene rings is 1. The third-order valence-corrected chi connectivity index (χ3v) is 4.96. The van der Waals surface area contributed by atoms with Crippen LogP contribution < -0.4 is 4.74 Å². The molecule has 2 heterocycles. The Bertz CT molecular complexity index is 596. The van der Waals surface area contributed by atoms with Gasteiger partial charge in [-0.25, -0.2) is 0 Å². The molecule has 0 bridgehead atoms. The zero-order valence-electron chi connectivity index (χ0n) is 14.8. The second-order valence-corrected chi connectivity index (χ2v) is 6.64. The van der Waals surface area contributed by atoms with Gasteiger partial charge in [0.15, 0.2) is 0 Å². The van der Waals surface area contributed by atoms with Crippen molar-refractivity contribution >= 4 is 11.8 Å². The van der Waals surface area contributed by atoms with Crippen LogP contribution in [0.1, 0.15) is 18.4 Å². The Morgan fingerprint density at radius 3 is 2.52 bits per heavy atom. The van der Waals surface area contributed by atoms with Crippen LogP contribution in [-0.2, 0) is 20.7 Å². The molecule has 0 aliphatic carbocycles. The molecular formula is C19H26N2O4. The van der Waals surface area contributed by atoms with Crippen LogP contribution in [0.25, 0.3) is 0 Å². The van der Waals surface area contributed by atoms with Gasteiger partial charge in [0.05, 0.1) is 32.7 Å². The topological polar surface area (TPSA) is 59.1 Å². The Kier molecular flexibility index (Phi) is 5.91. The van der Waals surface area contributed by atoms with Gasteiger partial charge in [0, 0.05) is 26.2 Å². The van der Waals surface area contributed by atoms with E-state index < -0.39 is 0 Å². The van der Waals surface area contributed by atoms with E-state index in [1.54, 1.807) is 7.11 Å². The molecule has 6 nitrogen and oxygen atoms in total. The summed E-state index contributed by atoms with van der Waals surface area (Å²) >= 11 is 0. The number of carbonyl (C=O) groups is 2. The molecule has 0 radical (unpaired) electrons. The summed E-state index contributed by atoms with van der Waals surface area (Å²) in [6, 6.07) is 7.56. The highest BCUT2D eigenvalue weighted by molar-refractivity contribution is 5.82. The second kappa shape index (κ2) is 8.34. The molecule has 25 heavy (non-hydrogen) atoms. The number of carbonyl (C=O) groups excluding carboxylic acids is 2. The number of piperidine rings is 1. The Labute approximate surface area is 148 Å². The fraction of sp³-hybridized carbons (Fsp3) is 0.579. The van der Waals surface area contributed by atoms with Crippen LogP contribution in [0.2, 0.25) is 0 Å². The van der Waals surface area contributed by atoms with E-state index in [4.69, 9.17) is 9.47 Å². The minimum absolute atomic E-state index is 0.0772. The molecule has 0 spiro atoms. The predicted octanol–water partition coefficient (Wildman–Crippen LogP) is 1.34. The van der Waals surface area contributed by atoms with Gasteiger partial charge in [-0.05, 0) is 30.5 Å². The second-order valence-electron chi connectivity index (χ2n) is 6.64. The molecule has 2 saturated heterocycles. The lowest BCUT2D eigenvalue weighted by atomic mass is 9.95. The molecular weight excluding hydrogens is 320 g/mol. The zero-order valence-corrected chi connectivity index (χ0v) is 14.8. The largest absolute Gasteiger partial charge is 0.497 e. The Balaban J connectivity index is 1.56. The minimum Gasteiger partial charge on any atom is -0.497 e. The molecule has 0 N–H and O–H groups in total. The third-order valence-electron chi connectivity index (χ3n) is 4.96. The summed E-state index contributed by atoms with van der Waals surface area (Å²) in [4.78, 5) is 29.0. The first-order valence-corrected chi connectivity index (χ1v) is 8.94. The first-order chi connectivity index (χ1) is 12.2. The first kappa shape index (κ1) is 17.7. The number of nitrogens with zero attached hydrogens (tertiary/aromatic N) is 2. The van der Waals surface area contributed by atoms with Gasteiger partial charge in [-0.15, -0.1) is 0 Å². The lowest BCUT2D eigenvalue weighted by molar-refractivity contribution is -0.143. The highest BCUT2D eigenvalue weighted by atomic mass is 16.5. The highest BCUT2D eigenvalue weighted by Crippen LogP contribution is 2.21. The molecule has 2 fully saturated rings. The van der Waals surface area contributed by atoms with Crippen molar-refractivity contribution in [2.75, 3.05) is 46.5 Å². The molecule has 1 aromatic carbocycles. The van der Waals surface area contributed by atoms with Crippen molar-refractivity contribution in [1.29, 1.82) is 0 Å². The van der Waals surface area contributed by atoms with Crippen LogP contribution in [0.15, 0.2) is 24.3 Å². The average molecular weight is 346 g/mol. The van der Waals surface area contributed by atoms with Crippen molar-refractivity contribution in [3.05, 3.63) is 29.8 Å². The van der Waals surface area contributed by atoms with Gasteiger partial charge in [-0.1, -0.05) is 12.1 Å². The monoisotopic (exact) mass is 346 g/mol. The fourth-order valence-corrected chi connectivity index (χ4v) is 3.48. The van der Waals surface area contributed by atoms with E-state index >= 15 is 0 Å². The van der Waals surface area contributed by atoms with Gasteiger partial charge in [-0.3, -0.25) is 9.59 Å². The van der Waals surface area contributed by atoms with E-state index in [1.807, 2.05) is 34.1 Å². The van der Waals surface area contributed by atoms with Crippen LogP contribution in [-0.4, -0.2) is 68.1 Å². The van der Waals surface area contributed by atoms with Crippen molar-refractivity contribution in [1.82, 2.24) is 9.80 Å². The van der Waals surface area contributed by atoms with Crippen LogP contribution >= 0.6 is 0 Å². The lowest BCUT2D eigenvalue weighted by Gasteiger charge is -2.36. The molecule has 2 aliphatic rings.